The molecule has 0 aliphatic heterocycles. The van der Waals surface area contributed by atoms with Crippen LogP contribution in [0.1, 0.15) is 33.2 Å². The number of carbonyl (C=O) groups is 3. The summed E-state index contributed by atoms with van der Waals surface area (Å²) in [4.78, 5) is 35.4. The summed E-state index contributed by atoms with van der Waals surface area (Å²) in [6.45, 7) is 3.79. The zero-order valence-corrected chi connectivity index (χ0v) is 14.0. The molecule has 0 spiro atoms. The molecule has 2 aromatic rings. The number of anilines is 1. The van der Waals surface area contributed by atoms with Crippen molar-refractivity contribution in [2.75, 3.05) is 11.9 Å². The molecule has 0 aromatic heterocycles. The molecule has 3 amide bonds. The summed E-state index contributed by atoms with van der Waals surface area (Å²) in [5.74, 6) is -0.864. The molecule has 25 heavy (non-hydrogen) atoms. The first kappa shape index (κ1) is 18.0. The Morgan fingerprint density at radius 3 is 2.20 bits per heavy atom. The van der Waals surface area contributed by atoms with E-state index in [1.54, 1.807) is 31.2 Å². The standard InChI is InChI=1S/C18H19N3O4/c1-3-25-18(24)19-14-10-8-13(9-11-14)16(22)20-21-17(23)15-7-5-4-6-12(15)2/h4-11H,3H2,1-2H3,(H,19,24)(H,20,22)(H,21,23). The van der Waals surface area contributed by atoms with Crippen LogP contribution in [0, 0.1) is 6.92 Å². The van der Waals surface area contributed by atoms with Crippen LogP contribution in [0.2, 0.25) is 0 Å². The van der Waals surface area contributed by atoms with Gasteiger partial charge in [0.1, 0.15) is 0 Å². The van der Waals surface area contributed by atoms with Gasteiger partial charge in [-0.25, -0.2) is 4.79 Å². The number of hydrogen-bond acceptors (Lipinski definition) is 4. The quantitative estimate of drug-likeness (QED) is 0.745. The number of benzene rings is 2. The highest BCUT2D eigenvalue weighted by molar-refractivity contribution is 6.00. The van der Waals surface area contributed by atoms with E-state index in [0.29, 0.717) is 16.8 Å². The average Bonchev–Trinajstić information content (AvgIpc) is 2.60. The van der Waals surface area contributed by atoms with Crippen molar-refractivity contribution < 1.29 is 19.1 Å². The predicted molar refractivity (Wildman–Crippen MR) is 93.2 cm³/mol. The maximum absolute atomic E-state index is 12.1. The van der Waals surface area contributed by atoms with Crippen molar-refractivity contribution in [3.8, 4) is 0 Å². The van der Waals surface area contributed by atoms with E-state index >= 15 is 0 Å². The Bertz CT molecular complexity index is 772. The summed E-state index contributed by atoms with van der Waals surface area (Å²) in [5, 5.41) is 2.52. The van der Waals surface area contributed by atoms with E-state index in [1.165, 1.54) is 12.1 Å². The second kappa shape index (κ2) is 8.49. The number of amides is 3. The van der Waals surface area contributed by atoms with Gasteiger partial charge in [-0.1, -0.05) is 18.2 Å². The van der Waals surface area contributed by atoms with E-state index in [-0.39, 0.29) is 6.61 Å². The summed E-state index contributed by atoms with van der Waals surface area (Å²) in [5.41, 5.74) is 6.85. The Kier molecular flexibility index (Phi) is 6.11. The maximum Gasteiger partial charge on any atom is 0.411 e. The molecule has 0 radical (unpaired) electrons. The Morgan fingerprint density at radius 2 is 1.56 bits per heavy atom. The number of ether oxygens (including phenoxy) is 1. The Morgan fingerprint density at radius 1 is 0.920 bits per heavy atom. The molecule has 3 N–H and O–H groups in total. The number of nitrogens with one attached hydrogen (secondary N) is 3. The third-order valence-corrected chi connectivity index (χ3v) is 3.35. The molecule has 0 heterocycles. The summed E-state index contributed by atoms with van der Waals surface area (Å²) < 4.78 is 4.76. The lowest BCUT2D eigenvalue weighted by Crippen LogP contribution is -2.41. The van der Waals surface area contributed by atoms with Gasteiger partial charge in [0.25, 0.3) is 11.8 Å². The lowest BCUT2D eigenvalue weighted by molar-refractivity contribution is 0.0846. The van der Waals surface area contributed by atoms with Crippen LogP contribution in [-0.2, 0) is 4.74 Å². The highest BCUT2D eigenvalue weighted by Gasteiger charge is 2.11. The van der Waals surface area contributed by atoms with Gasteiger partial charge < -0.3 is 4.74 Å². The Hall–Kier alpha value is -3.35. The third kappa shape index (κ3) is 5.07. The van der Waals surface area contributed by atoms with Crippen LogP contribution in [0.4, 0.5) is 10.5 Å². The topological polar surface area (TPSA) is 96.5 Å². The molecule has 0 saturated heterocycles. The van der Waals surface area contributed by atoms with E-state index in [4.69, 9.17) is 4.74 Å². The summed E-state index contributed by atoms with van der Waals surface area (Å²) in [6, 6.07) is 13.2. The van der Waals surface area contributed by atoms with Crippen LogP contribution in [0.3, 0.4) is 0 Å². The highest BCUT2D eigenvalue weighted by atomic mass is 16.5. The van der Waals surface area contributed by atoms with Crippen LogP contribution in [0.15, 0.2) is 48.5 Å². The van der Waals surface area contributed by atoms with Crippen molar-refractivity contribution >= 4 is 23.6 Å². The molecular weight excluding hydrogens is 322 g/mol. The number of hydrazine groups is 1. The summed E-state index contributed by atoms with van der Waals surface area (Å²) in [7, 11) is 0. The first-order valence-electron chi connectivity index (χ1n) is 7.71. The zero-order chi connectivity index (χ0) is 18.2. The molecule has 7 nitrogen and oxygen atoms in total. The molecule has 0 aliphatic rings. The van der Waals surface area contributed by atoms with Crippen molar-refractivity contribution in [1.29, 1.82) is 0 Å². The van der Waals surface area contributed by atoms with Gasteiger partial charge in [-0.2, -0.15) is 0 Å². The van der Waals surface area contributed by atoms with E-state index in [9.17, 15) is 14.4 Å². The Labute approximate surface area is 145 Å². The van der Waals surface area contributed by atoms with Crippen LogP contribution in [-0.4, -0.2) is 24.5 Å². The normalized spacial score (nSPS) is 9.84. The van der Waals surface area contributed by atoms with Crippen molar-refractivity contribution in [2.45, 2.75) is 13.8 Å². The van der Waals surface area contributed by atoms with Gasteiger partial charge in [-0.15, -0.1) is 0 Å². The fraction of sp³-hybridized carbons (Fsp3) is 0.167. The van der Waals surface area contributed by atoms with Gasteiger partial charge in [0.15, 0.2) is 0 Å². The molecule has 0 fully saturated rings. The average molecular weight is 341 g/mol. The third-order valence-electron chi connectivity index (χ3n) is 3.35. The molecule has 0 bridgehead atoms. The predicted octanol–water partition coefficient (Wildman–Crippen LogP) is 2.64. The number of aryl methyl sites for hydroxylation is 1. The smallest absolute Gasteiger partial charge is 0.411 e. The van der Waals surface area contributed by atoms with Gasteiger partial charge in [0.05, 0.1) is 6.61 Å². The lowest BCUT2D eigenvalue weighted by atomic mass is 10.1. The Balaban J connectivity index is 1.91. The highest BCUT2D eigenvalue weighted by Crippen LogP contribution is 2.10. The van der Waals surface area contributed by atoms with Gasteiger partial charge in [0, 0.05) is 16.8 Å². The van der Waals surface area contributed by atoms with Crippen LogP contribution >= 0.6 is 0 Å². The van der Waals surface area contributed by atoms with Gasteiger partial charge in [0.2, 0.25) is 0 Å². The van der Waals surface area contributed by atoms with Gasteiger partial charge in [-0.05, 0) is 49.7 Å². The number of carbonyl (C=O) groups excluding carboxylic acids is 3. The van der Waals surface area contributed by atoms with Crippen molar-refractivity contribution in [3.05, 3.63) is 65.2 Å². The summed E-state index contributed by atoms with van der Waals surface area (Å²) >= 11 is 0. The lowest BCUT2D eigenvalue weighted by Gasteiger charge is -2.10. The molecular formula is C18H19N3O4. The molecule has 2 rings (SSSR count). The molecule has 130 valence electrons. The van der Waals surface area contributed by atoms with E-state index in [1.807, 2.05) is 19.1 Å². The first-order chi connectivity index (χ1) is 12.0. The van der Waals surface area contributed by atoms with E-state index in [0.717, 1.165) is 5.56 Å². The van der Waals surface area contributed by atoms with E-state index in [2.05, 4.69) is 16.2 Å². The molecule has 0 aliphatic carbocycles. The molecule has 0 unspecified atom stereocenters. The largest absolute Gasteiger partial charge is 0.450 e. The van der Waals surface area contributed by atoms with Crippen molar-refractivity contribution in [2.24, 2.45) is 0 Å². The minimum Gasteiger partial charge on any atom is -0.450 e. The number of hydrogen-bond donors (Lipinski definition) is 3. The van der Waals surface area contributed by atoms with Crippen LogP contribution in [0.25, 0.3) is 0 Å². The zero-order valence-electron chi connectivity index (χ0n) is 14.0. The monoisotopic (exact) mass is 341 g/mol. The fourth-order valence-corrected chi connectivity index (χ4v) is 2.07. The molecule has 7 heteroatoms. The number of rotatable bonds is 4. The maximum atomic E-state index is 12.1. The van der Waals surface area contributed by atoms with Crippen LogP contribution in [0.5, 0.6) is 0 Å². The molecule has 2 aromatic carbocycles. The summed E-state index contributed by atoms with van der Waals surface area (Å²) in [6.07, 6.45) is -0.565. The van der Waals surface area contributed by atoms with Crippen molar-refractivity contribution in [1.82, 2.24) is 10.9 Å². The van der Waals surface area contributed by atoms with E-state index < -0.39 is 17.9 Å². The minimum atomic E-state index is -0.565. The fourth-order valence-electron chi connectivity index (χ4n) is 2.07. The van der Waals surface area contributed by atoms with Crippen LogP contribution < -0.4 is 16.2 Å². The second-order valence-electron chi connectivity index (χ2n) is 5.15. The first-order valence-corrected chi connectivity index (χ1v) is 7.71. The SMILES string of the molecule is CCOC(=O)Nc1ccc(C(=O)NNC(=O)c2ccccc2C)cc1. The molecule has 0 atom stereocenters. The molecule has 0 saturated carbocycles. The van der Waals surface area contributed by atoms with Gasteiger partial charge >= 0.3 is 6.09 Å². The van der Waals surface area contributed by atoms with Gasteiger partial charge in [-0.3, -0.25) is 25.8 Å². The van der Waals surface area contributed by atoms with Crippen molar-refractivity contribution in [3.63, 3.8) is 0 Å². The second-order valence-corrected chi connectivity index (χ2v) is 5.15. The minimum absolute atomic E-state index is 0.271.